The van der Waals surface area contributed by atoms with Crippen molar-refractivity contribution in [2.24, 2.45) is 0 Å². The van der Waals surface area contributed by atoms with Crippen LogP contribution < -0.4 is 5.32 Å². The molecule has 1 N–H and O–H groups in total. The fourth-order valence-electron chi connectivity index (χ4n) is 2.36. The lowest BCUT2D eigenvalue weighted by Gasteiger charge is -2.05. The molecule has 0 atom stereocenters. The van der Waals surface area contributed by atoms with Gasteiger partial charge in [-0.3, -0.25) is 4.79 Å². The van der Waals surface area contributed by atoms with Crippen LogP contribution in [0.3, 0.4) is 0 Å². The fourth-order valence-corrected chi connectivity index (χ4v) is 2.36. The summed E-state index contributed by atoms with van der Waals surface area (Å²) in [4.78, 5) is 12.0. The zero-order valence-corrected chi connectivity index (χ0v) is 13.2. The molecule has 0 unspecified atom stereocenters. The summed E-state index contributed by atoms with van der Waals surface area (Å²) in [6.07, 6.45) is 0. The third kappa shape index (κ3) is 3.57. The molecule has 0 fully saturated rings. The standard InChI is InChI=1S/C17H17FN4O2/c1-24-9-8-19-17(23)13-4-7-16-15(10-13)20-21-22(16)11-12-2-5-14(18)6-3-12/h2-7,10H,8-9,11H2,1H3,(H,19,23). The van der Waals surface area contributed by atoms with Crippen LogP contribution in [0.4, 0.5) is 4.39 Å². The van der Waals surface area contributed by atoms with Gasteiger partial charge in [0.1, 0.15) is 11.3 Å². The van der Waals surface area contributed by atoms with E-state index < -0.39 is 0 Å². The molecule has 0 spiro atoms. The van der Waals surface area contributed by atoms with Gasteiger partial charge in [-0.05, 0) is 35.9 Å². The predicted octanol–water partition coefficient (Wildman–Crippen LogP) is 1.99. The number of nitrogens with one attached hydrogen (secondary N) is 1. The first kappa shape index (κ1) is 16.1. The van der Waals surface area contributed by atoms with E-state index in [4.69, 9.17) is 4.74 Å². The van der Waals surface area contributed by atoms with Gasteiger partial charge in [0.05, 0.1) is 18.7 Å². The highest BCUT2D eigenvalue weighted by molar-refractivity contribution is 5.97. The maximum Gasteiger partial charge on any atom is 0.251 e. The first-order valence-corrected chi connectivity index (χ1v) is 7.52. The summed E-state index contributed by atoms with van der Waals surface area (Å²) in [5.74, 6) is -0.451. The first-order valence-electron chi connectivity index (χ1n) is 7.52. The number of hydrogen-bond acceptors (Lipinski definition) is 4. The smallest absolute Gasteiger partial charge is 0.251 e. The summed E-state index contributed by atoms with van der Waals surface area (Å²) in [7, 11) is 1.58. The van der Waals surface area contributed by atoms with Gasteiger partial charge >= 0.3 is 0 Å². The average Bonchev–Trinajstić information content (AvgIpc) is 2.99. The lowest BCUT2D eigenvalue weighted by molar-refractivity contribution is 0.0937. The molecular formula is C17H17FN4O2. The maximum absolute atomic E-state index is 13.0. The molecule has 0 saturated carbocycles. The lowest BCUT2D eigenvalue weighted by Crippen LogP contribution is -2.26. The van der Waals surface area contributed by atoms with Crippen molar-refractivity contribution in [2.45, 2.75) is 6.54 Å². The Morgan fingerprint density at radius 2 is 2.04 bits per heavy atom. The summed E-state index contributed by atoms with van der Waals surface area (Å²) < 4.78 is 19.6. The van der Waals surface area contributed by atoms with Crippen LogP contribution in [0.15, 0.2) is 42.5 Å². The van der Waals surface area contributed by atoms with E-state index in [9.17, 15) is 9.18 Å². The largest absolute Gasteiger partial charge is 0.383 e. The van der Waals surface area contributed by atoms with Crippen LogP contribution in [0.2, 0.25) is 0 Å². The molecule has 0 aliphatic carbocycles. The Balaban J connectivity index is 1.78. The summed E-state index contributed by atoms with van der Waals surface area (Å²) in [5.41, 5.74) is 2.89. The molecule has 0 radical (unpaired) electrons. The predicted molar refractivity (Wildman–Crippen MR) is 87.2 cm³/mol. The number of benzene rings is 2. The minimum absolute atomic E-state index is 0.179. The van der Waals surface area contributed by atoms with Crippen molar-refractivity contribution in [3.05, 3.63) is 59.4 Å². The van der Waals surface area contributed by atoms with Crippen LogP contribution in [0.25, 0.3) is 11.0 Å². The van der Waals surface area contributed by atoms with Crippen LogP contribution in [0.1, 0.15) is 15.9 Å². The zero-order valence-electron chi connectivity index (χ0n) is 13.2. The Labute approximate surface area is 138 Å². The molecule has 124 valence electrons. The summed E-state index contributed by atoms with van der Waals surface area (Å²) in [6, 6.07) is 11.5. The number of amides is 1. The molecule has 2 aromatic carbocycles. The molecule has 1 amide bonds. The van der Waals surface area contributed by atoms with E-state index in [-0.39, 0.29) is 11.7 Å². The Morgan fingerprint density at radius 1 is 1.25 bits per heavy atom. The molecule has 7 heteroatoms. The number of methoxy groups -OCH3 is 1. The first-order chi connectivity index (χ1) is 11.7. The van der Waals surface area contributed by atoms with Gasteiger partial charge in [0, 0.05) is 19.2 Å². The molecule has 0 bridgehead atoms. The quantitative estimate of drug-likeness (QED) is 0.703. The van der Waals surface area contributed by atoms with Crippen LogP contribution in [0.5, 0.6) is 0 Å². The van der Waals surface area contributed by atoms with Crippen molar-refractivity contribution in [1.82, 2.24) is 20.3 Å². The number of carbonyl (C=O) groups excluding carboxylic acids is 1. The van der Waals surface area contributed by atoms with Gasteiger partial charge in [0.15, 0.2) is 0 Å². The number of halogens is 1. The van der Waals surface area contributed by atoms with E-state index in [2.05, 4.69) is 15.6 Å². The van der Waals surface area contributed by atoms with E-state index in [0.29, 0.717) is 30.8 Å². The molecule has 24 heavy (non-hydrogen) atoms. The van der Waals surface area contributed by atoms with E-state index in [1.165, 1.54) is 12.1 Å². The summed E-state index contributed by atoms with van der Waals surface area (Å²) in [5, 5.41) is 11.0. The summed E-state index contributed by atoms with van der Waals surface area (Å²) >= 11 is 0. The monoisotopic (exact) mass is 328 g/mol. The molecule has 3 aromatic rings. The number of hydrogen-bond donors (Lipinski definition) is 1. The minimum atomic E-state index is -0.272. The number of nitrogens with zero attached hydrogens (tertiary/aromatic N) is 3. The highest BCUT2D eigenvalue weighted by Gasteiger charge is 2.10. The van der Waals surface area contributed by atoms with Crippen molar-refractivity contribution in [3.63, 3.8) is 0 Å². The lowest BCUT2D eigenvalue weighted by atomic mass is 10.1. The van der Waals surface area contributed by atoms with Crippen molar-refractivity contribution >= 4 is 16.9 Å². The topological polar surface area (TPSA) is 69.0 Å². The van der Waals surface area contributed by atoms with Gasteiger partial charge in [-0.2, -0.15) is 0 Å². The minimum Gasteiger partial charge on any atom is -0.383 e. The molecule has 0 aliphatic heterocycles. The Kier molecular flexibility index (Phi) is 4.81. The number of rotatable bonds is 6. The van der Waals surface area contributed by atoms with Crippen LogP contribution in [0, 0.1) is 5.82 Å². The molecule has 0 aliphatic rings. The third-order valence-electron chi connectivity index (χ3n) is 3.61. The second-order valence-corrected chi connectivity index (χ2v) is 5.33. The number of aromatic nitrogens is 3. The van der Waals surface area contributed by atoms with E-state index in [1.807, 2.05) is 6.07 Å². The molecule has 1 heterocycles. The number of ether oxygens (including phenoxy) is 1. The van der Waals surface area contributed by atoms with Gasteiger partial charge in [-0.1, -0.05) is 17.3 Å². The zero-order chi connectivity index (χ0) is 16.9. The number of fused-ring (bicyclic) bond motifs is 1. The van der Waals surface area contributed by atoms with Crippen LogP contribution in [-0.2, 0) is 11.3 Å². The Bertz CT molecular complexity index is 845. The Hall–Kier alpha value is -2.80. The average molecular weight is 328 g/mol. The van der Waals surface area contributed by atoms with Gasteiger partial charge in [-0.15, -0.1) is 5.10 Å². The van der Waals surface area contributed by atoms with Gasteiger partial charge < -0.3 is 10.1 Å². The molecule has 6 nitrogen and oxygen atoms in total. The molecule has 0 saturated heterocycles. The second-order valence-electron chi connectivity index (χ2n) is 5.33. The van der Waals surface area contributed by atoms with Gasteiger partial charge in [-0.25, -0.2) is 9.07 Å². The van der Waals surface area contributed by atoms with Crippen molar-refractivity contribution < 1.29 is 13.9 Å². The van der Waals surface area contributed by atoms with E-state index in [1.54, 1.807) is 36.1 Å². The number of carbonyl (C=O) groups is 1. The third-order valence-corrected chi connectivity index (χ3v) is 3.61. The fraction of sp³-hybridized carbons (Fsp3) is 0.235. The van der Waals surface area contributed by atoms with Crippen LogP contribution >= 0.6 is 0 Å². The van der Waals surface area contributed by atoms with E-state index in [0.717, 1.165) is 11.1 Å². The highest BCUT2D eigenvalue weighted by atomic mass is 19.1. The van der Waals surface area contributed by atoms with Gasteiger partial charge in [0.25, 0.3) is 5.91 Å². The van der Waals surface area contributed by atoms with Crippen molar-refractivity contribution in [1.29, 1.82) is 0 Å². The SMILES string of the molecule is COCCNC(=O)c1ccc2c(c1)nnn2Cc1ccc(F)cc1. The summed E-state index contributed by atoms with van der Waals surface area (Å²) in [6.45, 7) is 1.39. The maximum atomic E-state index is 13.0. The Morgan fingerprint density at radius 3 is 2.79 bits per heavy atom. The molecule has 1 aromatic heterocycles. The van der Waals surface area contributed by atoms with Gasteiger partial charge in [0.2, 0.25) is 0 Å². The van der Waals surface area contributed by atoms with Crippen molar-refractivity contribution in [2.75, 3.05) is 20.3 Å². The molecular weight excluding hydrogens is 311 g/mol. The van der Waals surface area contributed by atoms with E-state index >= 15 is 0 Å². The normalized spacial score (nSPS) is 10.9. The highest BCUT2D eigenvalue weighted by Crippen LogP contribution is 2.15. The molecule has 3 rings (SSSR count). The second kappa shape index (κ2) is 7.18. The van der Waals surface area contributed by atoms with Crippen molar-refractivity contribution in [3.8, 4) is 0 Å². The van der Waals surface area contributed by atoms with Crippen LogP contribution in [-0.4, -0.2) is 41.2 Å².